The van der Waals surface area contributed by atoms with E-state index in [0.717, 1.165) is 51.6 Å². The van der Waals surface area contributed by atoms with Crippen molar-refractivity contribution in [2.24, 2.45) is 11.8 Å². The number of fused-ring (bicyclic) bond motifs is 1. The number of likely N-dealkylation sites (tertiary alicyclic amines) is 1. The Kier molecular flexibility index (Phi) is 6.70. The second-order valence-electron chi connectivity index (χ2n) is 10.7. The van der Waals surface area contributed by atoms with Crippen LogP contribution in [0, 0.1) is 29.0 Å². The Bertz CT molecular complexity index is 1190. The van der Waals surface area contributed by atoms with Crippen LogP contribution in [0.25, 0.3) is 0 Å². The fraction of sp³-hybridized carbons (Fsp3) is 0.483. The zero-order valence-electron chi connectivity index (χ0n) is 20.8. The quantitative estimate of drug-likeness (QED) is 0.621. The Morgan fingerprint density at radius 3 is 2.64 bits per heavy atom. The van der Waals surface area contributed by atoms with E-state index in [1.807, 2.05) is 28.0 Å². The molecule has 3 fully saturated rings. The molecule has 6 nitrogen and oxygen atoms in total. The average Bonchev–Trinajstić information content (AvgIpc) is 3.63. The van der Waals surface area contributed by atoms with E-state index in [1.165, 1.54) is 17.7 Å². The van der Waals surface area contributed by atoms with E-state index < -0.39 is 0 Å². The molecule has 7 heteroatoms. The Morgan fingerprint density at radius 1 is 1.17 bits per heavy atom. The second kappa shape index (κ2) is 9.93. The van der Waals surface area contributed by atoms with Crippen molar-refractivity contribution in [2.45, 2.75) is 56.9 Å². The number of rotatable bonds is 5. The molecule has 2 aliphatic carbocycles. The third-order valence-corrected chi connectivity index (χ3v) is 8.57. The Morgan fingerprint density at radius 2 is 1.94 bits per heavy atom. The predicted molar refractivity (Wildman–Crippen MR) is 136 cm³/mol. The lowest BCUT2D eigenvalue weighted by molar-refractivity contribution is -0.130. The molecule has 2 saturated carbocycles. The maximum atomic E-state index is 13.7. The SMILES string of the molecule is CC(=O)N1CCC(CN(C(=O)Nc2cccc(F)c2)C2CC[C@]3(c4cccc(C#N)c4)CC3C2)CC1. The number of nitrogens with zero attached hydrogens (tertiary/aromatic N) is 3. The zero-order chi connectivity index (χ0) is 25.3. The van der Waals surface area contributed by atoms with Gasteiger partial charge in [0.25, 0.3) is 0 Å². The van der Waals surface area contributed by atoms with Crippen molar-refractivity contribution in [3.63, 3.8) is 0 Å². The fourth-order valence-electron chi connectivity index (χ4n) is 6.41. The van der Waals surface area contributed by atoms with Crippen molar-refractivity contribution in [3.8, 4) is 6.07 Å². The molecule has 2 aromatic rings. The topological polar surface area (TPSA) is 76.4 Å². The van der Waals surface area contributed by atoms with Crippen LogP contribution in [-0.4, -0.2) is 47.4 Å². The lowest BCUT2D eigenvalue weighted by Gasteiger charge is -2.40. The van der Waals surface area contributed by atoms with Crippen LogP contribution in [0.5, 0.6) is 0 Å². The fourth-order valence-corrected chi connectivity index (χ4v) is 6.41. The third kappa shape index (κ3) is 4.95. The molecule has 3 aliphatic rings. The van der Waals surface area contributed by atoms with Crippen LogP contribution >= 0.6 is 0 Å². The lowest BCUT2D eigenvalue weighted by atomic mass is 9.79. The van der Waals surface area contributed by atoms with Crippen molar-refractivity contribution in [1.82, 2.24) is 9.80 Å². The third-order valence-electron chi connectivity index (χ3n) is 8.57. The Hall–Kier alpha value is -3.40. The van der Waals surface area contributed by atoms with Gasteiger partial charge in [0.05, 0.1) is 11.6 Å². The summed E-state index contributed by atoms with van der Waals surface area (Å²) in [6.07, 6.45) is 5.67. The molecule has 1 N–H and O–H groups in total. The molecule has 1 aliphatic heterocycles. The molecule has 2 unspecified atom stereocenters. The van der Waals surface area contributed by atoms with Gasteiger partial charge >= 0.3 is 6.03 Å². The number of amides is 3. The number of halogens is 1. The van der Waals surface area contributed by atoms with Crippen molar-refractivity contribution in [1.29, 1.82) is 5.26 Å². The number of hydrogen-bond acceptors (Lipinski definition) is 3. The number of piperidine rings is 1. The van der Waals surface area contributed by atoms with Crippen LogP contribution in [0.15, 0.2) is 48.5 Å². The van der Waals surface area contributed by atoms with Gasteiger partial charge in [0.15, 0.2) is 0 Å². The van der Waals surface area contributed by atoms with Gasteiger partial charge in [-0.3, -0.25) is 4.79 Å². The number of nitrogens with one attached hydrogen (secondary N) is 1. The van der Waals surface area contributed by atoms with Crippen molar-refractivity contribution in [2.75, 3.05) is 25.0 Å². The van der Waals surface area contributed by atoms with E-state index in [4.69, 9.17) is 0 Å². The smallest absolute Gasteiger partial charge is 0.322 e. The predicted octanol–water partition coefficient (Wildman–Crippen LogP) is 5.30. The van der Waals surface area contributed by atoms with E-state index in [2.05, 4.69) is 17.5 Å². The normalized spacial score (nSPS) is 25.4. The van der Waals surface area contributed by atoms with Gasteiger partial charge in [-0.2, -0.15) is 5.26 Å². The van der Waals surface area contributed by atoms with Gasteiger partial charge in [-0.1, -0.05) is 18.2 Å². The van der Waals surface area contributed by atoms with E-state index in [0.29, 0.717) is 29.6 Å². The van der Waals surface area contributed by atoms with Crippen LogP contribution in [0.1, 0.15) is 56.6 Å². The van der Waals surface area contributed by atoms with Gasteiger partial charge in [-0.05, 0) is 91.7 Å². The number of carbonyl (C=O) groups excluding carboxylic acids is 2. The van der Waals surface area contributed by atoms with E-state index in [-0.39, 0.29) is 29.2 Å². The molecule has 188 valence electrons. The number of benzene rings is 2. The number of nitriles is 1. The Balaban J connectivity index is 1.30. The summed E-state index contributed by atoms with van der Waals surface area (Å²) in [6.45, 7) is 3.70. The molecule has 1 saturated heterocycles. The van der Waals surface area contributed by atoms with Crippen LogP contribution in [0.2, 0.25) is 0 Å². The maximum absolute atomic E-state index is 13.7. The summed E-state index contributed by atoms with van der Waals surface area (Å²) < 4.78 is 13.7. The maximum Gasteiger partial charge on any atom is 0.322 e. The van der Waals surface area contributed by atoms with Crippen molar-refractivity contribution >= 4 is 17.6 Å². The number of anilines is 1. The summed E-state index contributed by atoms with van der Waals surface area (Å²) in [5, 5.41) is 12.3. The molecule has 0 radical (unpaired) electrons. The summed E-state index contributed by atoms with van der Waals surface area (Å²) in [4.78, 5) is 29.1. The zero-order valence-corrected chi connectivity index (χ0v) is 20.8. The minimum absolute atomic E-state index is 0.104. The first kappa shape index (κ1) is 24.3. The molecule has 0 bridgehead atoms. The number of urea groups is 1. The molecule has 0 aromatic heterocycles. The molecule has 3 atom stereocenters. The molecule has 3 amide bonds. The highest BCUT2D eigenvalue weighted by Gasteiger charge is 2.58. The van der Waals surface area contributed by atoms with E-state index in [1.54, 1.807) is 19.1 Å². The molecule has 0 spiro atoms. The minimum atomic E-state index is -0.379. The summed E-state index contributed by atoms with van der Waals surface area (Å²) >= 11 is 0. The molecule has 5 rings (SSSR count). The number of carbonyl (C=O) groups is 2. The molecule has 36 heavy (non-hydrogen) atoms. The number of hydrogen-bond donors (Lipinski definition) is 1. The summed E-state index contributed by atoms with van der Waals surface area (Å²) in [7, 11) is 0. The highest BCUT2D eigenvalue weighted by molar-refractivity contribution is 5.89. The second-order valence-corrected chi connectivity index (χ2v) is 10.7. The van der Waals surface area contributed by atoms with Gasteiger partial charge in [0, 0.05) is 38.3 Å². The van der Waals surface area contributed by atoms with Gasteiger partial charge < -0.3 is 15.1 Å². The first-order chi connectivity index (χ1) is 17.4. The lowest BCUT2D eigenvalue weighted by Crippen LogP contribution is -2.49. The van der Waals surface area contributed by atoms with Crippen molar-refractivity contribution < 1.29 is 14.0 Å². The first-order valence-electron chi connectivity index (χ1n) is 13.0. The van der Waals surface area contributed by atoms with Gasteiger partial charge in [0.2, 0.25) is 5.91 Å². The van der Waals surface area contributed by atoms with E-state index >= 15 is 0 Å². The Labute approximate surface area is 212 Å². The summed E-state index contributed by atoms with van der Waals surface area (Å²) in [6, 6.07) is 16.2. The van der Waals surface area contributed by atoms with Crippen LogP contribution < -0.4 is 5.32 Å². The van der Waals surface area contributed by atoms with Crippen LogP contribution in [-0.2, 0) is 10.2 Å². The minimum Gasteiger partial charge on any atom is -0.343 e. The molecular weight excluding hydrogens is 455 g/mol. The van der Waals surface area contributed by atoms with Crippen molar-refractivity contribution in [3.05, 3.63) is 65.5 Å². The van der Waals surface area contributed by atoms with Gasteiger partial charge in [-0.15, -0.1) is 0 Å². The molecule has 1 heterocycles. The summed E-state index contributed by atoms with van der Waals surface area (Å²) in [5.74, 6) is 0.550. The van der Waals surface area contributed by atoms with E-state index in [9.17, 15) is 19.2 Å². The molecular formula is C29H33FN4O2. The highest BCUT2D eigenvalue weighted by atomic mass is 19.1. The monoisotopic (exact) mass is 488 g/mol. The van der Waals surface area contributed by atoms with Gasteiger partial charge in [-0.25, -0.2) is 9.18 Å². The summed E-state index contributed by atoms with van der Waals surface area (Å²) in [5.41, 5.74) is 2.53. The van der Waals surface area contributed by atoms with Crippen LogP contribution in [0.4, 0.5) is 14.9 Å². The van der Waals surface area contributed by atoms with Crippen LogP contribution in [0.3, 0.4) is 0 Å². The standard InChI is InChI=1S/C29H33FN4O2/c1-20(35)33-12-9-21(10-13-33)19-34(28(36)32-26-7-3-6-25(30)16-26)27-8-11-29(17-24(29)15-27)23-5-2-4-22(14-23)18-31/h2-7,14,16,21,24,27H,8-13,15,17,19H2,1H3,(H,32,36)/t24?,27?,29-/m1/s1. The molecule has 2 aromatic carbocycles. The highest BCUT2D eigenvalue weighted by Crippen LogP contribution is 2.63. The largest absolute Gasteiger partial charge is 0.343 e. The van der Waals surface area contributed by atoms with Gasteiger partial charge in [0.1, 0.15) is 5.82 Å². The first-order valence-corrected chi connectivity index (χ1v) is 13.0. The average molecular weight is 489 g/mol.